The van der Waals surface area contributed by atoms with Crippen LogP contribution in [-0.4, -0.2) is 68.7 Å². The largest absolute Gasteiger partial charge is 0.472 e. The quantitative estimate of drug-likeness (QED) is 0.335. The fourth-order valence-corrected chi connectivity index (χ4v) is 4.69. The summed E-state index contributed by atoms with van der Waals surface area (Å²) < 4.78 is 34.9. The van der Waals surface area contributed by atoms with Gasteiger partial charge in [0.1, 0.15) is 23.8 Å². The number of nitrogens with zero attached hydrogens (tertiary/aromatic N) is 4. The molecule has 0 aliphatic carbocycles. The molecule has 14 heteroatoms. The van der Waals surface area contributed by atoms with Gasteiger partial charge in [0, 0.05) is 19.4 Å². The summed E-state index contributed by atoms with van der Waals surface area (Å²) in [6.45, 7) is 0.390. The summed E-state index contributed by atoms with van der Waals surface area (Å²) >= 11 is 1.38. The van der Waals surface area contributed by atoms with Crippen molar-refractivity contribution in [3.05, 3.63) is 6.33 Å². The van der Waals surface area contributed by atoms with Gasteiger partial charge < -0.3 is 25.8 Å². The van der Waals surface area contributed by atoms with Crippen LogP contribution < -0.4 is 11.5 Å². The fourth-order valence-electron chi connectivity index (χ4n) is 3.11. The summed E-state index contributed by atoms with van der Waals surface area (Å²) in [6, 6.07) is 0. The molecule has 148 valence electrons. The summed E-state index contributed by atoms with van der Waals surface area (Å²) in [4.78, 5) is 22.6. The van der Waals surface area contributed by atoms with Gasteiger partial charge in [0.2, 0.25) is 0 Å². The van der Waals surface area contributed by atoms with E-state index in [0.717, 1.165) is 0 Å². The van der Waals surface area contributed by atoms with E-state index in [1.165, 1.54) is 25.2 Å². The second kappa shape index (κ2) is 7.26. The smallest absolute Gasteiger partial charge is 0.382 e. The molecule has 2 aliphatic heterocycles. The maximum absolute atomic E-state index is 11.8. The molecule has 0 amide bonds. The number of hydrogen-bond acceptors (Lipinski definition) is 11. The number of aromatic nitrogens is 4. The van der Waals surface area contributed by atoms with Crippen molar-refractivity contribution in [2.24, 2.45) is 5.73 Å². The number of nitrogens with two attached hydrogens (primary N) is 2. The zero-order valence-corrected chi connectivity index (χ0v) is 16.0. The zero-order valence-electron chi connectivity index (χ0n) is 14.3. The molecular formula is C13H19N6O6PS. The van der Waals surface area contributed by atoms with Crippen LogP contribution in [0.25, 0.3) is 11.2 Å². The fraction of sp³-hybridized carbons (Fsp3) is 0.615. The van der Waals surface area contributed by atoms with Crippen molar-refractivity contribution in [1.29, 1.82) is 0 Å². The van der Waals surface area contributed by atoms with Gasteiger partial charge in [-0.2, -0.15) is 0 Å². The van der Waals surface area contributed by atoms with E-state index in [2.05, 4.69) is 15.0 Å². The number of thioether (sulfide) groups is 1. The molecule has 2 aliphatic rings. The summed E-state index contributed by atoms with van der Waals surface area (Å²) in [5.41, 5.74) is 12.4. The first kappa shape index (κ1) is 19.0. The van der Waals surface area contributed by atoms with Crippen LogP contribution in [0.15, 0.2) is 11.5 Å². The van der Waals surface area contributed by atoms with Gasteiger partial charge in [0.15, 0.2) is 22.8 Å². The third-order valence-corrected chi connectivity index (χ3v) is 6.13. The lowest BCUT2D eigenvalue weighted by Crippen LogP contribution is -2.40. The SMILES string of the molecule is COC1C2OP(=O)(O)OCC2OC1n1cnc2c(N)nc(SCCN)nc21. The van der Waals surface area contributed by atoms with Gasteiger partial charge in [0.05, 0.1) is 12.9 Å². The van der Waals surface area contributed by atoms with Gasteiger partial charge in [-0.05, 0) is 0 Å². The molecule has 4 rings (SSSR count). The van der Waals surface area contributed by atoms with Gasteiger partial charge in [-0.25, -0.2) is 19.5 Å². The average molecular weight is 418 g/mol. The second-order valence-corrected chi connectivity index (χ2v) is 8.42. The van der Waals surface area contributed by atoms with Crippen LogP contribution in [0.5, 0.6) is 0 Å². The highest BCUT2D eigenvalue weighted by atomic mass is 32.2. The van der Waals surface area contributed by atoms with E-state index in [0.29, 0.717) is 28.6 Å². The average Bonchev–Trinajstić information content (AvgIpc) is 3.19. The van der Waals surface area contributed by atoms with Crippen molar-refractivity contribution in [1.82, 2.24) is 19.5 Å². The van der Waals surface area contributed by atoms with E-state index in [9.17, 15) is 9.46 Å². The molecule has 2 aromatic rings. The lowest BCUT2D eigenvalue weighted by molar-refractivity contribution is -0.0667. The van der Waals surface area contributed by atoms with Crippen LogP contribution in [0.4, 0.5) is 5.82 Å². The molecule has 2 aromatic heterocycles. The number of fused-ring (bicyclic) bond motifs is 2. The number of nitrogen functional groups attached to an aromatic ring is 1. The first-order valence-corrected chi connectivity index (χ1v) is 10.6. The predicted octanol–water partition coefficient (Wildman–Crippen LogP) is -0.112. The Labute approximate surface area is 158 Å². The lowest BCUT2D eigenvalue weighted by atomic mass is 10.1. The highest BCUT2D eigenvalue weighted by Gasteiger charge is 2.53. The number of rotatable bonds is 5. The number of methoxy groups -OCH3 is 1. The minimum Gasteiger partial charge on any atom is -0.382 e. The number of anilines is 1. The van der Waals surface area contributed by atoms with E-state index < -0.39 is 32.4 Å². The Kier molecular flexibility index (Phi) is 5.12. The van der Waals surface area contributed by atoms with Gasteiger partial charge in [-0.3, -0.25) is 13.6 Å². The van der Waals surface area contributed by atoms with Crippen molar-refractivity contribution < 1.29 is 28.0 Å². The highest BCUT2D eigenvalue weighted by Crippen LogP contribution is 2.53. The van der Waals surface area contributed by atoms with Crippen molar-refractivity contribution in [3.8, 4) is 0 Å². The van der Waals surface area contributed by atoms with Crippen molar-refractivity contribution in [3.63, 3.8) is 0 Å². The number of phosphoric acid groups is 1. The van der Waals surface area contributed by atoms with Crippen molar-refractivity contribution in [2.45, 2.75) is 29.7 Å². The molecule has 27 heavy (non-hydrogen) atoms. The van der Waals surface area contributed by atoms with E-state index in [-0.39, 0.29) is 12.4 Å². The normalized spacial score (nSPS) is 33.4. The van der Waals surface area contributed by atoms with Crippen LogP contribution in [0, 0.1) is 0 Å². The number of phosphoric ester groups is 1. The zero-order chi connectivity index (χ0) is 19.2. The lowest BCUT2D eigenvalue weighted by Gasteiger charge is -2.29. The number of imidazole rings is 1. The molecule has 2 fully saturated rings. The molecule has 4 heterocycles. The molecule has 5 unspecified atom stereocenters. The molecule has 5 atom stereocenters. The van der Waals surface area contributed by atoms with Crippen LogP contribution in [0.2, 0.25) is 0 Å². The summed E-state index contributed by atoms with van der Waals surface area (Å²) in [5, 5.41) is 0.469. The second-order valence-electron chi connectivity index (χ2n) is 5.95. The van der Waals surface area contributed by atoms with E-state index in [4.69, 9.17) is 30.0 Å². The molecule has 5 N–H and O–H groups in total. The minimum absolute atomic E-state index is 0.0871. The standard InChI is InChI=1S/C13H19N6O6PS/c1-22-9-8-6(4-23-26(20,21)25-8)24-12(9)19-5-16-7-10(15)17-13(18-11(7)19)27-3-2-14/h5-6,8-9,12H,2-4,14H2,1H3,(H,20,21)(H2,15,17,18). The van der Waals surface area contributed by atoms with E-state index >= 15 is 0 Å². The number of ether oxygens (including phenoxy) is 2. The third-order valence-electron chi connectivity index (χ3n) is 4.27. The van der Waals surface area contributed by atoms with Crippen LogP contribution in [-0.2, 0) is 23.1 Å². The van der Waals surface area contributed by atoms with E-state index in [1.807, 2.05) is 0 Å². The Balaban J connectivity index is 1.71. The molecule has 0 saturated carbocycles. The van der Waals surface area contributed by atoms with Crippen LogP contribution in [0.1, 0.15) is 6.23 Å². The molecule has 2 saturated heterocycles. The predicted molar refractivity (Wildman–Crippen MR) is 94.9 cm³/mol. The van der Waals surface area contributed by atoms with Crippen LogP contribution >= 0.6 is 19.6 Å². The first-order chi connectivity index (χ1) is 12.9. The van der Waals surface area contributed by atoms with Gasteiger partial charge in [0.25, 0.3) is 0 Å². The summed E-state index contributed by atoms with van der Waals surface area (Å²) in [6.07, 6.45) is -1.20. The topological polar surface area (TPSA) is 170 Å². The molecule has 12 nitrogen and oxygen atoms in total. The molecule has 0 aromatic carbocycles. The van der Waals surface area contributed by atoms with Gasteiger partial charge in [-0.1, -0.05) is 11.8 Å². The Morgan fingerprint density at radius 2 is 2.33 bits per heavy atom. The molecule has 0 spiro atoms. The number of hydrogen-bond donors (Lipinski definition) is 3. The van der Waals surface area contributed by atoms with Crippen molar-refractivity contribution in [2.75, 3.05) is 31.7 Å². The monoisotopic (exact) mass is 418 g/mol. The Morgan fingerprint density at radius 3 is 3.07 bits per heavy atom. The maximum Gasteiger partial charge on any atom is 0.472 e. The van der Waals surface area contributed by atoms with Gasteiger partial charge in [-0.15, -0.1) is 0 Å². The Morgan fingerprint density at radius 1 is 1.52 bits per heavy atom. The van der Waals surface area contributed by atoms with Crippen LogP contribution in [0.3, 0.4) is 0 Å². The summed E-state index contributed by atoms with van der Waals surface area (Å²) in [5.74, 6) is 0.878. The van der Waals surface area contributed by atoms with Gasteiger partial charge >= 0.3 is 7.82 Å². The molecule has 0 radical (unpaired) electrons. The molecular weight excluding hydrogens is 399 g/mol. The van der Waals surface area contributed by atoms with E-state index in [1.54, 1.807) is 4.57 Å². The summed E-state index contributed by atoms with van der Waals surface area (Å²) in [7, 11) is -2.66. The third kappa shape index (κ3) is 3.45. The first-order valence-electron chi connectivity index (χ1n) is 8.10. The highest BCUT2D eigenvalue weighted by molar-refractivity contribution is 7.99. The maximum atomic E-state index is 11.8. The molecule has 0 bridgehead atoms. The minimum atomic E-state index is -4.13. The Hall–Kier alpha value is -1.31. The van der Waals surface area contributed by atoms with Crippen molar-refractivity contribution >= 4 is 36.6 Å². The Bertz CT molecular complexity index is 898.